The molecule has 1 aliphatic rings. The van der Waals surface area contributed by atoms with Crippen LogP contribution in [-0.4, -0.2) is 62.6 Å². The normalized spacial score (nSPS) is 14.9. The number of amides is 2. The highest BCUT2D eigenvalue weighted by Gasteiger charge is 2.27. The van der Waals surface area contributed by atoms with Crippen LogP contribution in [-0.2, 0) is 7.05 Å². The summed E-state index contributed by atoms with van der Waals surface area (Å²) in [6.45, 7) is 3.98. The Morgan fingerprint density at radius 3 is 2.22 bits per heavy atom. The van der Waals surface area contributed by atoms with Crippen molar-refractivity contribution in [3.63, 3.8) is 0 Å². The summed E-state index contributed by atoms with van der Waals surface area (Å²) < 4.78 is 1.69. The first kappa shape index (κ1) is 15.2. The van der Waals surface area contributed by atoms with Gasteiger partial charge >= 0.3 is 0 Å². The number of nitrogens with zero attached hydrogens (tertiary/aromatic N) is 5. The lowest BCUT2D eigenvalue weighted by molar-refractivity contribution is 0.0534. The first-order valence-corrected chi connectivity index (χ1v) is 7.55. The number of pyridine rings is 1. The fourth-order valence-electron chi connectivity index (χ4n) is 2.66. The van der Waals surface area contributed by atoms with Crippen LogP contribution in [0, 0.1) is 6.92 Å². The van der Waals surface area contributed by atoms with E-state index in [1.54, 1.807) is 45.2 Å². The average molecular weight is 313 g/mol. The van der Waals surface area contributed by atoms with E-state index >= 15 is 0 Å². The number of piperazine rings is 1. The average Bonchev–Trinajstić information content (AvgIpc) is 2.94. The van der Waals surface area contributed by atoms with E-state index < -0.39 is 0 Å². The van der Waals surface area contributed by atoms with Crippen molar-refractivity contribution < 1.29 is 9.59 Å². The molecular weight excluding hydrogens is 294 g/mol. The zero-order valence-corrected chi connectivity index (χ0v) is 13.3. The van der Waals surface area contributed by atoms with Crippen LogP contribution in [0.5, 0.6) is 0 Å². The Labute approximate surface area is 134 Å². The third-order valence-electron chi connectivity index (χ3n) is 4.23. The van der Waals surface area contributed by atoms with Crippen molar-refractivity contribution >= 4 is 11.8 Å². The topological polar surface area (TPSA) is 71.3 Å². The highest BCUT2D eigenvalue weighted by molar-refractivity contribution is 5.96. The molecular formula is C16H19N5O2. The summed E-state index contributed by atoms with van der Waals surface area (Å²) in [5, 5.41) is 4.11. The smallest absolute Gasteiger partial charge is 0.257 e. The van der Waals surface area contributed by atoms with Crippen molar-refractivity contribution in [1.29, 1.82) is 0 Å². The lowest BCUT2D eigenvalue weighted by Gasteiger charge is -2.34. The van der Waals surface area contributed by atoms with E-state index in [2.05, 4.69) is 10.1 Å². The van der Waals surface area contributed by atoms with Gasteiger partial charge in [0, 0.05) is 51.3 Å². The van der Waals surface area contributed by atoms with Crippen LogP contribution < -0.4 is 0 Å². The molecule has 7 heteroatoms. The van der Waals surface area contributed by atoms with Gasteiger partial charge in [0.2, 0.25) is 0 Å². The Morgan fingerprint density at radius 1 is 1.04 bits per heavy atom. The molecule has 3 rings (SSSR count). The predicted octanol–water partition coefficient (Wildman–Crippen LogP) is 0.722. The van der Waals surface area contributed by atoms with Crippen molar-refractivity contribution in [1.82, 2.24) is 24.6 Å². The molecule has 0 radical (unpaired) electrons. The van der Waals surface area contributed by atoms with E-state index in [1.165, 1.54) is 0 Å². The molecule has 7 nitrogen and oxygen atoms in total. The molecule has 23 heavy (non-hydrogen) atoms. The summed E-state index contributed by atoms with van der Waals surface area (Å²) in [6.07, 6.45) is 4.81. The minimum Gasteiger partial charge on any atom is -0.335 e. The van der Waals surface area contributed by atoms with Crippen molar-refractivity contribution in [2.24, 2.45) is 7.05 Å². The van der Waals surface area contributed by atoms with Crippen molar-refractivity contribution in [3.8, 4) is 0 Å². The molecule has 2 aromatic heterocycles. The number of rotatable bonds is 2. The number of hydrogen-bond acceptors (Lipinski definition) is 4. The van der Waals surface area contributed by atoms with Crippen molar-refractivity contribution in [2.45, 2.75) is 6.92 Å². The summed E-state index contributed by atoms with van der Waals surface area (Å²) in [6, 6.07) is 3.50. The van der Waals surface area contributed by atoms with Crippen LogP contribution in [0.1, 0.15) is 26.4 Å². The van der Waals surface area contributed by atoms with Gasteiger partial charge in [0.15, 0.2) is 0 Å². The van der Waals surface area contributed by atoms with Gasteiger partial charge < -0.3 is 9.80 Å². The maximum atomic E-state index is 12.5. The van der Waals surface area contributed by atoms with Crippen LogP contribution in [0.15, 0.2) is 30.7 Å². The molecule has 0 spiro atoms. The molecule has 1 aliphatic heterocycles. The van der Waals surface area contributed by atoms with Gasteiger partial charge in [0.1, 0.15) is 0 Å². The highest BCUT2D eigenvalue weighted by atomic mass is 16.2. The molecule has 120 valence electrons. The fourth-order valence-corrected chi connectivity index (χ4v) is 2.66. The van der Waals surface area contributed by atoms with E-state index in [1.807, 2.05) is 14.0 Å². The number of carbonyl (C=O) groups is 2. The van der Waals surface area contributed by atoms with Crippen LogP contribution in [0.25, 0.3) is 0 Å². The van der Waals surface area contributed by atoms with Crippen molar-refractivity contribution in [3.05, 3.63) is 47.5 Å². The molecule has 1 fully saturated rings. The van der Waals surface area contributed by atoms with E-state index in [0.29, 0.717) is 37.3 Å². The van der Waals surface area contributed by atoms with Gasteiger partial charge in [-0.25, -0.2) is 0 Å². The second-order valence-corrected chi connectivity index (χ2v) is 5.59. The molecule has 2 amide bonds. The molecule has 3 heterocycles. The molecule has 0 unspecified atom stereocenters. The lowest BCUT2D eigenvalue weighted by atomic mass is 10.2. The lowest BCUT2D eigenvalue weighted by Crippen LogP contribution is -2.50. The Balaban J connectivity index is 1.63. The molecule has 0 bridgehead atoms. The van der Waals surface area contributed by atoms with Crippen molar-refractivity contribution in [2.75, 3.05) is 26.2 Å². The molecule has 0 saturated carbocycles. The first-order chi connectivity index (χ1) is 11.1. The second kappa shape index (κ2) is 6.20. The largest absolute Gasteiger partial charge is 0.335 e. The van der Waals surface area contributed by atoms with Crippen LogP contribution in [0.3, 0.4) is 0 Å². The SMILES string of the molecule is Cc1c(C(=O)N2CCN(C(=O)c3cccnc3)CC2)cnn1C. The maximum Gasteiger partial charge on any atom is 0.257 e. The summed E-state index contributed by atoms with van der Waals surface area (Å²) in [5.41, 5.74) is 2.05. The molecule has 2 aromatic rings. The summed E-state index contributed by atoms with van der Waals surface area (Å²) >= 11 is 0. The van der Waals surface area contributed by atoms with Gasteiger partial charge in [0.25, 0.3) is 11.8 Å². The van der Waals surface area contributed by atoms with Gasteiger partial charge in [-0.1, -0.05) is 0 Å². The number of aromatic nitrogens is 3. The minimum absolute atomic E-state index is 0.0240. The monoisotopic (exact) mass is 313 g/mol. The fraction of sp³-hybridized carbons (Fsp3) is 0.375. The molecule has 0 N–H and O–H groups in total. The van der Waals surface area contributed by atoms with Gasteiger partial charge in [0.05, 0.1) is 17.3 Å². The standard InChI is InChI=1S/C16H19N5O2/c1-12-14(11-18-19(12)2)16(23)21-8-6-20(7-9-21)15(22)13-4-3-5-17-10-13/h3-5,10-11H,6-9H2,1-2H3. The van der Waals surface area contributed by atoms with Crippen LogP contribution in [0.2, 0.25) is 0 Å². The van der Waals surface area contributed by atoms with Crippen LogP contribution >= 0.6 is 0 Å². The predicted molar refractivity (Wildman–Crippen MR) is 84.0 cm³/mol. The quantitative estimate of drug-likeness (QED) is 0.819. The third kappa shape index (κ3) is 2.94. The summed E-state index contributed by atoms with van der Waals surface area (Å²) in [5.74, 6) is -0.0631. The Bertz CT molecular complexity index is 717. The van der Waals surface area contributed by atoms with Crippen LogP contribution in [0.4, 0.5) is 0 Å². The maximum absolute atomic E-state index is 12.5. The number of carbonyl (C=O) groups excluding carboxylic acids is 2. The first-order valence-electron chi connectivity index (χ1n) is 7.55. The minimum atomic E-state index is -0.0391. The van der Waals surface area contributed by atoms with Gasteiger partial charge in [-0.15, -0.1) is 0 Å². The molecule has 0 aliphatic carbocycles. The Morgan fingerprint density at radius 2 is 1.70 bits per heavy atom. The van der Waals surface area contributed by atoms with E-state index in [-0.39, 0.29) is 11.8 Å². The second-order valence-electron chi connectivity index (χ2n) is 5.59. The summed E-state index contributed by atoms with van der Waals surface area (Å²) in [7, 11) is 1.82. The van der Waals surface area contributed by atoms with E-state index in [4.69, 9.17) is 0 Å². The zero-order chi connectivity index (χ0) is 16.4. The van der Waals surface area contributed by atoms with Gasteiger partial charge in [-0.3, -0.25) is 19.3 Å². The van der Waals surface area contributed by atoms with Gasteiger partial charge in [-0.05, 0) is 19.1 Å². The highest BCUT2D eigenvalue weighted by Crippen LogP contribution is 2.13. The molecule has 0 atom stereocenters. The third-order valence-corrected chi connectivity index (χ3v) is 4.23. The number of aryl methyl sites for hydroxylation is 1. The number of hydrogen-bond donors (Lipinski definition) is 0. The summed E-state index contributed by atoms with van der Waals surface area (Å²) in [4.78, 5) is 32.4. The van der Waals surface area contributed by atoms with E-state index in [9.17, 15) is 9.59 Å². The van der Waals surface area contributed by atoms with Gasteiger partial charge in [-0.2, -0.15) is 5.10 Å². The molecule has 1 saturated heterocycles. The Kier molecular flexibility index (Phi) is 4.10. The molecule has 0 aromatic carbocycles. The Hall–Kier alpha value is -2.70. The van der Waals surface area contributed by atoms with E-state index in [0.717, 1.165) is 5.69 Å². The zero-order valence-electron chi connectivity index (χ0n) is 13.3.